The van der Waals surface area contributed by atoms with Crippen LogP contribution in [0.15, 0.2) is 109 Å². The molecule has 0 spiro atoms. The van der Waals surface area contributed by atoms with Crippen LogP contribution in [0.4, 0.5) is 0 Å². The van der Waals surface area contributed by atoms with Crippen LogP contribution in [-0.2, 0) is 28.6 Å². The summed E-state index contributed by atoms with van der Waals surface area (Å²) >= 11 is 0. The van der Waals surface area contributed by atoms with Crippen LogP contribution in [0.25, 0.3) is 0 Å². The molecule has 0 aliphatic carbocycles. The number of hydrogen-bond donors (Lipinski definition) is 0. The van der Waals surface area contributed by atoms with Crippen molar-refractivity contribution >= 4 is 17.9 Å². The van der Waals surface area contributed by atoms with Gasteiger partial charge in [-0.1, -0.05) is 284 Å². The van der Waals surface area contributed by atoms with Crippen LogP contribution in [0.3, 0.4) is 0 Å². The van der Waals surface area contributed by atoms with Gasteiger partial charge in [-0.2, -0.15) is 0 Å². The predicted molar refractivity (Wildman–Crippen MR) is 330 cm³/mol. The number of carbonyl (C=O) groups excluding carboxylic acids is 3. The van der Waals surface area contributed by atoms with Gasteiger partial charge < -0.3 is 14.2 Å². The summed E-state index contributed by atoms with van der Waals surface area (Å²) in [5.74, 6) is -0.953. The molecule has 6 heteroatoms. The van der Waals surface area contributed by atoms with Gasteiger partial charge in [-0.25, -0.2) is 0 Å². The van der Waals surface area contributed by atoms with Gasteiger partial charge in [0.15, 0.2) is 6.10 Å². The van der Waals surface area contributed by atoms with Crippen molar-refractivity contribution in [2.45, 2.75) is 303 Å². The monoisotopic (exact) mass is 1050 g/mol. The number of esters is 3. The summed E-state index contributed by atoms with van der Waals surface area (Å²) in [5.41, 5.74) is 0. The van der Waals surface area contributed by atoms with Crippen molar-refractivity contribution in [1.29, 1.82) is 0 Å². The third kappa shape index (κ3) is 60.9. The van der Waals surface area contributed by atoms with E-state index in [4.69, 9.17) is 14.2 Å². The Hall–Kier alpha value is -3.93. The zero-order chi connectivity index (χ0) is 55.0. The van der Waals surface area contributed by atoms with Gasteiger partial charge in [0, 0.05) is 19.3 Å². The molecule has 0 aromatic heterocycles. The van der Waals surface area contributed by atoms with Gasteiger partial charge in [-0.15, -0.1) is 0 Å². The largest absolute Gasteiger partial charge is 0.462 e. The average Bonchev–Trinajstić information content (AvgIpc) is 3.42. The topological polar surface area (TPSA) is 78.9 Å². The standard InChI is InChI=1S/C70H118O6/c1-4-7-10-13-16-19-22-25-27-29-31-33-35-37-39-41-43-45-48-51-54-57-60-63-69(72)75-66-67(65-74-68(71)62-59-56-53-50-47-24-21-18-15-12-9-6-3)76-70(73)64-61-58-55-52-49-46-44-42-40-38-36-34-32-30-28-26-23-20-17-14-11-8-5-2/h7,10,16,19,23,25-27,30-33,37,39,43,45,51,54,67H,4-6,8-9,11-15,17-18,20-22,24,28-29,34-36,38,40-42,44,46-50,52-53,55-66H2,1-3H3/b10-7-,19-16-,26-23-,27-25-,32-30-,33-31-,39-37-,45-43-,54-51-. The van der Waals surface area contributed by atoms with Gasteiger partial charge in [-0.3, -0.25) is 14.4 Å². The van der Waals surface area contributed by atoms with Gasteiger partial charge >= 0.3 is 17.9 Å². The lowest BCUT2D eigenvalue weighted by Crippen LogP contribution is -2.30. The number of hydrogen-bond acceptors (Lipinski definition) is 6. The summed E-state index contributed by atoms with van der Waals surface area (Å²) in [6.45, 7) is 6.48. The molecular weight excluding hydrogens is 937 g/mol. The number of unbranched alkanes of at least 4 members (excludes halogenated alkanes) is 28. The molecular formula is C70H118O6. The van der Waals surface area contributed by atoms with Crippen molar-refractivity contribution in [2.24, 2.45) is 0 Å². The van der Waals surface area contributed by atoms with E-state index >= 15 is 0 Å². The van der Waals surface area contributed by atoms with Crippen LogP contribution >= 0.6 is 0 Å². The molecule has 0 saturated heterocycles. The highest BCUT2D eigenvalue weighted by molar-refractivity contribution is 5.71. The molecule has 434 valence electrons. The number of allylic oxidation sites excluding steroid dienone is 18. The lowest BCUT2D eigenvalue weighted by molar-refractivity contribution is -0.167. The summed E-state index contributed by atoms with van der Waals surface area (Å²) < 4.78 is 16.9. The first kappa shape index (κ1) is 72.1. The molecule has 0 bridgehead atoms. The second kappa shape index (κ2) is 63.6. The molecule has 0 N–H and O–H groups in total. The second-order valence-corrected chi connectivity index (χ2v) is 20.9. The van der Waals surface area contributed by atoms with Crippen LogP contribution in [0.2, 0.25) is 0 Å². The van der Waals surface area contributed by atoms with E-state index in [1.165, 1.54) is 154 Å². The van der Waals surface area contributed by atoms with Crippen molar-refractivity contribution in [2.75, 3.05) is 13.2 Å². The fourth-order valence-electron chi connectivity index (χ4n) is 8.76. The van der Waals surface area contributed by atoms with Crippen LogP contribution in [0.1, 0.15) is 297 Å². The Morgan fingerprint density at radius 1 is 0.276 bits per heavy atom. The van der Waals surface area contributed by atoms with Crippen molar-refractivity contribution < 1.29 is 28.6 Å². The van der Waals surface area contributed by atoms with Crippen LogP contribution < -0.4 is 0 Å². The fourth-order valence-corrected chi connectivity index (χ4v) is 8.76. The highest BCUT2D eigenvalue weighted by Gasteiger charge is 2.19. The van der Waals surface area contributed by atoms with E-state index in [-0.39, 0.29) is 37.5 Å². The molecule has 0 aliphatic heterocycles. The van der Waals surface area contributed by atoms with E-state index in [2.05, 4.69) is 130 Å². The summed E-state index contributed by atoms with van der Waals surface area (Å²) in [6, 6.07) is 0. The third-order valence-electron chi connectivity index (χ3n) is 13.5. The maximum atomic E-state index is 12.9. The summed E-state index contributed by atoms with van der Waals surface area (Å²) in [7, 11) is 0. The number of ether oxygens (including phenoxy) is 3. The first-order valence-electron chi connectivity index (χ1n) is 31.9. The molecule has 0 amide bonds. The SMILES string of the molecule is CC/C=C\C/C=C\C/C=C\C/C=C\C/C=C\C/C=C\C/C=C\CCCC(=O)OCC(COC(=O)CCCCCCCCCCCCCC)OC(=O)CCCCCCCCCCCCC/C=C\C/C=C\CCCCCCC. The first-order valence-corrected chi connectivity index (χ1v) is 31.9. The third-order valence-corrected chi connectivity index (χ3v) is 13.5. The van der Waals surface area contributed by atoms with Gasteiger partial charge in [-0.05, 0) is 103 Å². The zero-order valence-corrected chi connectivity index (χ0v) is 49.7. The summed E-state index contributed by atoms with van der Waals surface area (Å²) in [4.78, 5) is 38.3. The van der Waals surface area contributed by atoms with Crippen LogP contribution in [-0.4, -0.2) is 37.2 Å². The first-order chi connectivity index (χ1) is 37.5. The van der Waals surface area contributed by atoms with Gasteiger partial charge in [0.05, 0.1) is 0 Å². The van der Waals surface area contributed by atoms with Gasteiger partial charge in [0.1, 0.15) is 13.2 Å². The number of rotatable bonds is 57. The van der Waals surface area contributed by atoms with Crippen LogP contribution in [0, 0.1) is 0 Å². The Balaban J connectivity index is 4.42. The lowest BCUT2D eigenvalue weighted by atomic mass is 10.0. The van der Waals surface area contributed by atoms with E-state index in [0.717, 1.165) is 96.3 Å². The van der Waals surface area contributed by atoms with Crippen molar-refractivity contribution in [3.05, 3.63) is 109 Å². The minimum Gasteiger partial charge on any atom is -0.462 e. The molecule has 1 atom stereocenters. The summed E-state index contributed by atoms with van der Waals surface area (Å²) in [6.07, 6.45) is 86.7. The summed E-state index contributed by atoms with van der Waals surface area (Å²) in [5, 5.41) is 0. The maximum absolute atomic E-state index is 12.9. The minimum absolute atomic E-state index is 0.0955. The highest BCUT2D eigenvalue weighted by atomic mass is 16.6. The van der Waals surface area contributed by atoms with E-state index < -0.39 is 6.10 Å². The Kier molecular flexibility index (Phi) is 60.3. The average molecular weight is 1060 g/mol. The maximum Gasteiger partial charge on any atom is 0.306 e. The molecule has 0 aromatic carbocycles. The molecule has 76 heavy (non-hydrogen) atoms. The van der Waals surface area contributed by atoms with E-state index in [1.54, 1.807) is 0 Å². The second-order valence-electron chi connectivity index (χ2n) is 20.9. The molecule has 0 heterocycles. The van der Waals surface area contributed by atoms with Crippen molar-refractivity contribution in [1.82, 2.24) is 0 Å². The van der Waals surface area contributed by atoms with Crippen molar-refractivity contribution in [3.8, 4) is 0 Å². The molecule has 0 aromatic rings. The Morgan fingerprint density at radius 2 is 0.526 bits per heavy atom. The van der Waals surface area contributed by atoms with Crippen LogP contribution in [0.5, 0.6) is 0 Å². The van der Waals surface area contributed by atoms with Gasteiger partial charge in [0.25, 0.3) is 0 Å². The fraction of sp³-hybridized carbons (Fsp3) is 0.700. The molecule has 1 unspecified atom stereocenters. The molecule has 6 nitrogen and oxygen atoms in total. The lowest BCUT2D eigenvalue weighted by Gasteiger charge is -2.18. The molecule has 0 saturated carbocycles. The predicted octanol–water partition coefficient (Wildman–Crippen LogP) is 21.8. The van der Waals surface area contributed by atoms with E-state index in [0.29, 0.717) is 19.3 Å². The minimum atomic E-state index is -0.804. The highest BCUT2D eigenvalue weighted by Crippen LogP contribution is 2.16. The zero-order valence-electron chi connectivity index (χ0n) is 49.7. The molecule has 0 aliphatic rings. The van der Waals surface area contributed by atoms with Crippen molar-refractivity contribution in [3.63, 3.8) is 0 Å². The quantitative estimate of drug-likeness (QED) is 0.0261. The smallest absolute Gasteiger partial charge is 0.306 e. The Bertz CT molecular complexity index is 1540. The van der Waals surface area contributed by atoms with Gasteiger partial charge in [0.2, 0.25) is 0 Å². The number of carbonyl (C=O) groups is 3. The normalized spacial score (nSPS) is 12.8. The molecule has 0 radical (unpaired) electrons. The Morgan fingerprint density at radius 3 is 0.855 bits per heavy atom. The molecule has 0 fully saturated rings. The Labute approximate surface area is 470 Å². The van der Waals surface area contributed by atoms with E-state index in [1.807, 2.05) is 0 Å². The van der Waals surface area contributed by atoms with E-state index in [9.17, 15) is 14.4 Å². The molecule has 0 rings (SSSR count).